The summed E-state index contributed by atoms with van der Waals surface area (Å²) in [7, 11) is 1.71. The predicted octanol–water partition coefficient (Wildman–Crippen LogP) is 3.41. The number of anilines is 1. The summed E-state index contributed by atoms with van der Waals surface area (Å²) in [6, 6.07) is 4.37. The van der Waals surface area contributed by atoms with Crippen molar-refractivity contribution in [2.45, 2.75) is 43.9 Å². The lowest BCUT2D eigenvalue weighted by atomic mass is 9.91. The molecule has 2 aliphatic heterocycles. The van der Waals surface area contributed by atoms with E-state index in [1.807, 2.05) is 10.6 Å². The number of carbonyl (C=O) groups is 1. The molecular formula is C27H25F2N7O3. The van der Waals surface area contributed by atoms with Gasteiger partial charge < -0.3 is 19.6 Å². The molecule has 0 radical (unpaired) electrons. The van der Waals surface area contributed by atoms with E-state index in [0.29, 0.717) is 60.9 Å². The Hall–Kier alpha value is -4.19. The molecule has 2 unspecified atom stereocenters. The first kappa shape index (κ1) is 23.9. The van der Waals surface area contributed by atoms with Gasteiger partial charge in [0.1, 0.15) is 5.75 Å². The molecule has 3 aromatic heterocycles. The van der Waals surface area contributed by atoms with Crippen LogP contribution in [0.3, 0.4) is 0 Å². The van der Waals surface area contributed by atoms with E-state index in [0.717, 1.165) is 16.8 Å². The quantitative estimate of drug-likeness (QED) is 0.425. The van der Waals surface area contributed by atoms with Gasteiger partial charge in [-0.2, -0.15) is 8.78 Å². The highest BCUT2D eigenvalue weighted by Gasteiger charge is 2.46. The van der Waals surface area contributed by atoms with Crippen molar-refractivity contribution in [3.8, 4) is 16.9 Å². The molecule has 7 rings (SSSR count). The van der Waals surface area contributed by atoms with Crippen LogP contribution < -0.4 is 9.64 Å². The molecule has 1 aliphatic carbocycles. The number of ether oxygens (including phenoxy) is 1. The van der Waals surface area contributed by atoms with Crippen molar-refractivity contribution in [2.75, 3.05) is 25.0 Å². The van der Waals surface area contributed by atoms with Crippen LogP contribution >= 0.6 is 0 Å². The number of hydrogen-bond donors (Lipinski definition) is 1. The minimum atomic E-state index is -3.02. The van der Waals surface area contributed by atoms with Crippen LogP contribution in [0.4, 0.5) is 14.7 Å². The van der Waals surface area contributed by atoms with E-state index in [4.69, 9.17) is 9.72 Å². The second kappa shape index (κ2) is 8.94. The molecular weight excluding hydrogens is 508 g/mol. The maximum absolute atomic E-state index is 13.3. The molecule has 0 saturated carbocycles. The minimum absolute atomic E-state index is 0.00367. The zero-order valence-electron chi connectivity index (χ0n) is 21.0. The van der Waals surface area contributed by atoms with Crippen LogP contribution in [0, 0.1) is 0 Å². The Labute approximate surface area is 221 Å². The molecule has 1 N–H and O–H groups in total. The number of fused-ring (bicyclic) bond motifs is 9. The van der Waals surface area contributed by atoms with E-state index in [1.54, 1.807) is 42.7 Å². The third kappa shape index (κ3) is 3.81. The highest BCUT2D eigenvalue weighted by atomic mass is 19.3. The number of rotatable bonds is 4. The third-order valence-corrected chi connectivity index (χ3v) is 8.02. The van der Waals surface area contributed by atoms with E-state index in [9.17, 15) is 18.7 Å². The van der Waals surface area contributed by atoms with Crippen molar-refractivity contribution >= 4 is 17.6 Å². The molecule has 2 atom stereocenters. The lowest BCUT2D eigenvalue weighted by Crippen LogP contribution is -2.36. The molecule has 10 nitrogen and oxygen atoms in total. The first-order valence-corrected chi connectivity index (χ1v) is 12.9. The fraction of sp³-hybridized carbons (Fsp3) is 0.370. The van der Waals surface area contributed by atoms with Crippen molar-refractivity contribution in [3.63, 3.8) is 0 Å². The molecule has 2 bridgehead atoms. The molecule has 0 spiro atoms. The monoisotopic (exact) mass is 533 g/mol. The predicted molar refractivity (Wildman–Crippen MR) is 136 cm³/mol. The fourth-order valence-electron chi connectivity index (χ4n) is 6.07. The Balaban J connectivity index is 1.31. The van der Waals surface area contributed by atoms with Crippen LogP contribution in [-0.2, 0) is 0 Å². The highest BCUT2D eigenvalue weighted by molar-refractivity contribution is 5.98. The van der Waals surface area contributed by atoms with E-state index < -0.39 is 6.61 Å². The number of amides is 1. The zero-order chi connectivity index (χ0) is 26.8. The number of aliphatic hydroxyl groups is 1. The smallest absolute Gasteiger partial charge is 0.387 e. The van der Waals surface area contributed by atoms with Gasteiger partial charge in [-0.25, -0.2) is 19.9 Å². The molecule has 4 aromatic rings. The van der Waals surface area contributed by atoms with Crippen LogP contribution in [0.15, 0.2) is 43.0 Å². The molecule has 3 aliphatic rings. The van der Waals surface area contributed by atoms with Gasteiger partial charge in [0.2, 0.25) is 11.7 Å². The summed E-state index contributed by atoms with van der Waals surface area (Å²) < 4.78 is 33.4. The minimum Gasteiger partial charge on any atom is -0.434 e. The summed E-state index contributed by atoms with van der Waals surface area (Å²) >= 11 is 0. The normalized spacial score (nSPS) is 20.9. The third-order valence-electron chi connectivity index (χ3n) is 8.02. The summed E-state index contributed by atoms with van der Waals surface area (Å²) in [6.45, 7) is -1.61. The van der Waals surface area contributed by atoms with Crippen molar-refractivity contribution in [3.05, 3.63) is 65.5 Å². The molecule has 39 heavy (non-hydrogen) atoms. The van der Waals surface area contributed by atoms with Gasteiger partial charge in [-0.05, 0) is 31.4 Å². The van der Waals surface area contributed by atoms with Gasteiger partial charge in [0.25, 0.3) is 5.91 Å². The summed E-state index contributed by atoms with van der Waals surface area (Å²) in [4.78, 5) is 35.4. The Morgan fingerprint density at radius 1 is 1.08 bits per heavy atom. The molecule has 1 fully saturated rings. The zero-order valence-corrected chi connectivity index (χ0v) is 21.0. The number of nitrogens with zero attached hydrogens (tertiary/aromatic N) is 7. The molecule has 5 heterocycles. The van der Waals surface area contributed by atoms with E-state index in [-0.39, 0.29) is 29.7 Å². The molecule has 1 amide bonds. The second-order valence-electron chi connectivity index (χ2n) is 10.2. The SMILES string of the molecule is CN1C(=O)c2cccc(OC(F)F)c2C2CC1c1nc3ncc(-c4cnc(N5CCC(O)CC5)nc4)cn3c12. The molecule has 1 saturated heterocycles. The number of piperidine rings is 1. The number of hydrogen-bond acceptors (Lipinski definition) is 8. The molecule has 1 aromatic carbocycles. The maximum atomic E-state index is 13.3. The summed E-state index contributed by atoms with van der Waals surface area (Å²) in [5.74, 6) is 0.428. The first-order chi connectivity index (χ1) is 18.9. The molecule has 200 valence electrons. The number of benzene rings is 1. The fourth-order valence-corrected chi connectivity index (χ4v) is 6.07. The largest absolute Gasteiger partial charge is 0.434 e. The Morgan fingerprint density at radius 3 is 2.56 bits per heavy atom. The van der Waals surface area contributed by atoms with Crippen LogP contribution in [-0.4, -0.2) is 73.1 Å². The lowest BCUT2D eigenvalue weighted by Gasteiger charge is -2.29. The number of imidazole rings is 1. The van der Waals surface area contributed by atoms with Crippen molar-refractivity contribution < 1.29 is 23.4 Å². The van der Waals surface area contributed by atoms with E-state index >= 15 is 0 Å². The lowest BCUT2D eigenvalue weighted by molar-refractivity contribution is -0.0506. The van der Waals surface area contributed by atoms with Crippen molar-refractivity contribution in [1.82, 2.24) is 29.2 Å². The number of halogens is 2. The van der Waals surface area contributed by atoms with Crippen molar-refractivity contribution in [2.24, 2.45) is 0 Å². The number of carbonyl (C=O) groups excluding carboxylic acids is 1. The van der Waals surface area contributed by atoms with Gasteiger partial charge in [0, 0.05) is 73.1 Å². The van der Waals surface area contributed by atoms with Crippen LogP contribution in [0.1, 0.15) is 58.5 Å². The van der Waals surface area contributed by atoms with Gasteiger partial charge in [-0.1, -0.05) is 6.07 Å². The Kier molecular flexibility index (Phi) is 5.48. The summed E-state index contributed by atoms with van der Waals surface area (Å²) in [6.07, 6.45) is 8.69. The Morgan fingerprint density at radius 2 is 1.82 bits per heavy atom. The van der Waals surface area contributed by atoms with E-state index in [1.165, 1.54) is 6.07 Å². The molecule has 12 heteroatoms. The van der Waals surface area contributed by atoms with Crippen molar-refractivity contribution in [1.29, 1.82) is 0 Å². The Bertz CT molecular complexity index is 1580. The van der Waals surface area contributed by atoms with Gasteiger partial charge in [0.05, 0.1) is 23.5 Å². The summed E-state index contributed by atoms with van der Waals surface area (Å²) in [5.41, 5.74) is 3.84. The van der Waals surface area contributed by atoms with Crippen LogP contribution in [0.5, 0.6) is 5.75 Å². The van der Waals surface area contributed by atoms with Gasteiger partial charge >= 0.3 is 6.61 Å². The van der Waals surface area contributed by atoms with Gasteiger partial charge in [0.15, 0.2) is 0 Å². The first-order valence-electron chi connectivity index (χ1n) is 12.9. The average molecular weight is 534 g/mol. The average Bonchev–Trinajstić information content (AvgIpc) is 3.46. The number of alkyl halides is 2. The number of aliphatic hydroxyl groups excluding tert-OH is 1. The van der Waals surface area contributed by atoms with Crippen LogP contribution in [0.2, 0.25) is 0 Å². The van der Waals surface area contributed by atoms with Gasteiger partial charge in [-0.15, -0.1) is 0 Å². The standard InChI is InChI=1S/C27H25F2N7O3/c1-34-19-9-18(21-17(24(34)38)3-2-4-20(21)39-25(28)29)23-22(19)33-27-32-12-15(13-36(23)27)14-10-30-26(31-11-14)35-7-5-16(37)6-8-35/h2-4,10-13,16,18-19,25,37H,5-9H2,1H3. The number of aromatic nitrogens is 5. The van der Waals surface area contributed by atoms with Gasteiger partial charge in [-0.3, -0.25) is 9.20 Å². The van der Waals surface area contributed by atoms with Crippen LogP contribution in [0.25, 0.3) is 16.9 Å². The maximum Gasteiger partial charge on any atom is 0.387 e. The summed E-state index contributed by atoms with van der Waals surface area (Å²) in [5, 5.41) is 9.77. The highest BCUT2D eigenvalue weighted by Crippen LogP contribution is 2.52. The van der Waals surface area contributed by atoms with E-state index in [2.05, 4.69) is 19.9 Å². The topological polar surface area (TPSA) is 109 Å². The second-order valence-corrected chi connectivity index (χ2v) is 10.2.